The van der Waals surface area contributed by atoms with Gasteiger partial charge in [-0.15, -0.1) is 0 Å². The van der Waals surface area contributed by atoms with Crippen molar-refractivity contribution in [1.82, 2.24) is 4.98 Å². The fourth-order valence-electron chi connectivity index (χ4n) is 1.48. The number of esters is 1. The van der Waals surface area contributed by atoms with Crippen LogP contribution < -0.4 is 0 Å². The van der Waals surface area contributed by atoms with E-state index in [1.807, 2.05) is 0 Å². The number of carbonyl (C=O) groups excluding carboxylic acids is 1. The first-order valence-corrected chi connectivity index (χ1v) is 5.33. The minimum atomic E-state index is -0.466. The van der Waals surface area contributed by atoms with Crippen molar-refractivity contribution in [3.63, 3.8) is 0 Å². The van der Waals surface area contributed by atoms with Crippen LogP contribution in [0.5, 0.6) is 0 Å². The van der Waals surface area contributed by atoms with Crippen LogP contribution in [0.2, 0.25) is 0 Å². The van der Waals surface area contributed by atoms with Crippen molar-refractivity contribution < 1.29 is 13.9 Å². The lowest BCUT2D eigenvalue weighted by atomic mass is 10.2. The van der Waals surface area contributed by atoms with Crippen LogP contribution in [0.25, 0.3) is 10.9 Å². The smallest absolute Gasteiger partial charge is 0.357 e. The zero-order valence-electron chi connectivity index (χ0n) is 9.61. The van der Waals surface area contributed by atoms with E-state index in [1.165, 1.54) is 24.3 Å². The van der Waals surface area contributed by atoms with E-state index >= 15 is 0 Å². The molecule has 0 bridgehead atoms. The number of benzene rings is 1. The zero-order valence-corrected chi connectivity index (χ0v) is 9.61. The fraction of sp³-hybridized carbons (Fsp3) is 0.231. The van der Waals surface area contributed by atoms with Crippen LogP contribution in [0.4, 0.5) is 4.39 Å². The van der Waals surface area contributed by atoms with Crippen LogP contribution >= 0.6 is 0 Å². The lowest BCUT2D eigenvalue weighted by Gasteiger charge is -2.07. The second-order valence-electron chi connectivity index (χ2n) is 3.99. The maximum Gasteiger partial charge on any atom is 0.357 e. The number of pyridine rings is 1. The molecule has 0 fully saturated rings. The number of rotatable bonds is 2. The Bertz CT molecular complexity index is 566. The summed E-state index contributed by atoms with van der Waals surface area (Å²) in [5.41, 5.74) is 0.808. The Labute approximate surface area is 98.2 Å². The summed E-state index contributed by atoms with van der Waals surface area (Å²) in [4.78, 5) is 15.7. The molecule has 0 saturated heterocycles. The van der Waals surface area contributed by atoms with Crippen LogP contribution in [0, 0.1) is 5.82 Å². The van der Waals surface area contributed by atoms with E-state index < -0.39 is 5.97 Å². The van der Waals surface area contributed by atoms with Gasteiger partial charge in [0.05, 0.1) is 11.6 Å². The topological polar surface area (TPSA) is 39.2 Å². The van der Waals surface area contributed by atoms with E-state index in [2.05, 4.69) is 4.98 Å². The number of halogens is 1. The quantitative estimate of drug-likeness (QED) is 0.748. The Balaban J connectivity index is 2.38. The number of fused-ring (bicyclic) bond motifs is 1. The monoisotopic (exact) mass is 233 g/mol. The largest absolute Gasteiger partial charge is 0.458 e. The molecule has 0 saturated carbocycles. The normalized spacial score (nSPS) is 10.8. The minimum absolute atomic E-state index is 0.187. The molecular formula is C13H12FNO2. The molecule has 1 heterocycles. The summed E-state index contributed by atoms with van der Waals surface area (Å²) in [7, 11) is 0. The summed E-state index contributed by atoms with van der Waals surface area (Å²) in [6.07, 6.45) is -0.187. The van der Waals surface area contributed by atoms with Crippen LogP contribution in [-0.4, -0.2) is 17.1 Å². The van der Waals surface area contributed by atoms with Crippen molar-refractivity contribution in [3.8, 4) is 0 Å². The number of hydrogen-bond donors (Lipinski definition) is 0. The lowest BCUT2D eigenvalue weighted by Crippen LogP contribution is -2.12. The van der Waals surface area contributed by atoms with E-state index in [0.29, 0.717) is 10.9 Å². The second kappa shape index (κ2) is 4.49. The number of aromatic nitrogens is 1. The van der Waals surface area contributed by atoms with Gasteiger partial charge < -0.3 is 4.74 Å². The average Bonchev–Trinajstić information content (AvgIpc) is 2.27. The first-order chi connectivity index (χ1) is 8.06. The van der Waals surface area contributed by atoms with Crippen LogP contribution in [0.3, 0.4) is 0 Å². The van der Waals surface area contributed by atoms with Gasteiger partial charge in [0.25, 0.3) is 0 Å². The maximum absolute atomic E-state index is 12.9. The Morgan fingerprint density at radius 2 is 2.06 bits per heavy atom. The highest BCUT2D eigenvalue weighted by Crippen LogP contribution is 2.14. The van der Waals surface area contributed by atoms with Gasteiger partial charge in [-0.05, 0) is 38.1 Å². The van der Waals surface area contributed by atoms with Gasteiger partial charge in [-0.3, -0.25) is 0 Å². The summed E-state index contributed by atoms with van der Waals surface area (Å²) in [6.45, 7) is 3.54. The van der Waals surface area contributed by atoms with Gasteiger partial charge in [0.2, 0.25) is 0 Å². The molecular weight excluding hydrogens is 221 g/mol. The summed E-state index contributed by atoms with van der Waals surface area (Å²) in [5.74, 6) is -0.789. The molecule has 0 spiro atoms. The first kappa shape index (κ1) is 11.5. The van der Waals surface area contributed by atoms with Crippen molar-refractivity contribution in [1.29, 1.82) is 0 Å². The number of hydrogen-bond acceptors (Lipinski definition) is 3. The highest BCUT2D eigenvalue weighted by molar-refractivity contribution is 5.91. The second-order valence-corrected chi connectivity index (χ2v) is 3.99. The first-order valence-electron chi connectivity index (χ1n) is 5.33. The van der Waals surface area contributed by atoms with Crippen LogP contribution in [-0.2, 0) is 4.74 Å². The van der Waals surface area contributed by atoms with Gasteiger partial charge >= 0.3 is 5.97 Å². The Kier molecular flexibility index (Phi) is 3.04. The van der Waals surface area contributed by atoms with Gasteiger partial charge in [0, 0.05) is 5.39 Å². The molecule has 3 nitrogen and oxygen atoms in total. The predicted octanol–water partition coefficient (Wildman–Crippen LogP) is 2.94. The fourth-order valence-corrected chi connectivity index (χ4v) is 1.48. The number of nitrogens with zero attached hydrogens (tertiary/aromatic N) is 1. The average molecular weight is 233 g/mol. The maximum atomic E-state index is 12.9. The standard InChI is InChI=1S/C13H12FNO2/c1-8(2)17-13(16)12-5-3-9-7-10(14)4-6-11(9)15-12/h3-8H,1-2H3. The SMILES string of the molecule is CC(C)OC(=O)c1ccc2cc(F)ccc2n1. The molecule has 2 rings (SSSR count). The van der Waals surface area contributed by atoms with Crippen molar-refractivity contribution in [2.75, 3.05) is 0 Å². The number of ether oxygens (including phenoxy) is 1. The highest BCUT2D eigenvalue weighted by Gasteiger charge is 2.11. The van der Waals surface area contributed by atoms with Crippen molar-refractivity contribution >= 4 is 16.9 Å². The third-order valence-electron chi connectivity index (χ3n) is 2.20. The highest BCUT2D eigenvalue weighted by atomic mass is 19.1. The van der Waals surface area contributed by atoms with Crippen molar-refractivity contribution in [3.05, 3.63) is 41.8 Å². The van der Waals surface area contributed by atoms with Gasteiger partial charge in [0.15, 0.2) is 0 Å². The minimum Gasteiger partial charge on any atom is -0.458 e. The van der Waals surface area contributed by atoms with E-state index in [0.717, 1.165) is 0 Å². The molecule has 0 N–H and O–H groups in total. The number of carbonyl (C=O) groups is 1. The molecule has 1 aromatic carbocycles. The molecule has 0 amide bonds. The zero-order chi connectivity index (χ0) is 12.4. The molecule has 88 valence electrons. The molecule has 0 aliphatic rings. The molecule has 4 heteroatoms. The Morgan fingerprint density at radius 3 is 2.76 bits per heavy atom. The van der Waals surface area contributed by atoms with E-state index in [4.69, 9.17) is 4.74 Å². The molecule has 0 unspecified atom stereocenters. The molecule has 0 atom stereocenters. The van der Waals surface area contributed by atoms with Gasteiger partial charge in [-0.2, -0.15) is 0 Å². The summed E-state index contributed by atoms with van der Waals surface area (Å²) < 4.78 is 18.0. The molecule has 0 radical (unpaired) electrons. The van der Waals surface area contributed by atoms with Crippen LogP contribution in [0.15, 0.2) is 30.3 Å². The predicted molar refractivity (Wildman–Crippen MR) is 62.3 cm³/mol. The Morgan fingerprint density at radius 1 is 1.29 bits per heavy atom. The third kappa shape index (κ3) is 2.58. The van der Waals surface area contributed by atoms with Gasteiger partial charge in [0.1, 0.15) is 11.5 Å². The van der Waals surface area contributed by atoms with Crippen LogP contribution in [0.1, 0.15) is 24.3 Å². The molecule has 0 aliphatic heterocycles. The van der Waals surface area contributed by atoms with E-state index in [1.54, 1.807) is 19.9 Å². The lowest BCUT2D eigenvalue weighted by molar-refractivity contribution is 0.0371. The van der Waals surface area contributed by atoms with E-state index in [9.17, 15) is 9.18 Å². The molecule has 1 aromatic heterocycles. The van der Waals surface area contributed by atoms with Gasteiger partial charge in [-0.1, -0.05) is 6.07 Å². The third-order valence-corrected chi connectivity index (χ3v) is 2.20. The van der Waals surface area contributed by atoms with E-state index in [-0.39, 0.29) is 17.6 Å². The summed E-state index contributed by atoms with van der Waals surface area (Å²) in [5, 5.41) is 0.658. The Hall–Kier alpha value is -1.97. The van der Waals surface area contributed by atoms with Gasteiger partial charge in [-0.25, -0.2) is 14.2 Å². The summed E-state index contributed by atoms with van der Waals surface area (Å²) in [6, 6.07) is 7.42. The summed E-state index contributed by atoms with van der Waals surface area (Å²) >= 11 is 0. The molecule has 0 aliphatic carbocycles. The molecule has 2 aromatic rings. The molecule has 17 heavy (non-hydrogen) atoms. The van der Waals surface area contributed by atoms with Crippen molar-refractivity contribution in [2.24, 2.45) is 0 Å². The van der Waals surface area contributed by atoms with Crippen molar-refractivity contribution in [2.45, 2.75) is 20.0 Å².